The van der Waals surface area contributed by atoms with Crippen LogP contribution in [-0.4, -0.2) is 19.1 Å². The standard InChI is InChI=1S/C21H26N4O2/c1-12-9-10-17(27-2)16(11-12)14-7-4-8-15(18(14)22)19(23)20(24)21(26)25-13-5-3-6-13/h4,7-11,13H,3,5-6,22-24H2,1-2H3,(H,25,26)/b20-19+. The molecule has 1 aliphatic carbocycles. The third-order valence-corrected chi connectivity index (χ3v) is 5.02. The number of carbonyl (C=O) groups is 1. The van der Waals surface area contributed by atoms with Crippen LogP contribution in [0.3, 0.4) is 0 Å². The zero-order valence-electron chi connectivity index (χ0n) is 15.7. The Hall–Kier alpha value is -3.15. The van der Waals surface area contributed by atoms with Crippen LogP contribution < -0.4 is 27.3 Å². The van der Waals surface area contributed by atoms with Crippen LogP contribution in [0, 0.1) is 6.92 Å². The van der Waals surface area contributed by atoms with Gasteiger partial charge in [-0.05, 0) is 38.3 Å². The van der Waals surface area contributed by atoms with Gasteiger partial charge in [-0.15, -0.1) is 0 Å². The van der Waals surface area contributed by atoms with Crippen LogP contribution in [0.4, 0.5) is 5.69 Å². The third kappa shape index (κ3) is 3.69. The number of amides is 1. The van der Waals surface area contributed by atoms with Crippen molar-refractivity contribution < 1.29 is 9.53 Å². The molecule has 142 valence electrons. The van der Waals surface area contributed by atoms with Gasteiger partial charge in [-0.25, -0.2) is 0 Å². The van der Waals surface area contributed by atoms with Crippen molar-refractivity contribution in [3.63, 3.8) is 0 Å². The van der Waals surface area contributed by atoms with Crippen LogP contribution in [0.5, 0.6) is 5.75 Å². The van der Waals surface area contributed by atoms with Crippen molar-refractivity contribution in [2.75, 3.05) is 12.8 Å². The van der Waals surface area contributed by atoms with Crippen LogP contribution in [-0.2, 0) is 4.79 Å². The Labute approximate surface area is 159 Å². The first kappa shape index (κ1) is 18.6. The predicted octanol–water partition coefficient (Wildman–Crippen LogP) is 2.51. The minimum atomic E-state index is -0.352. The van der Waals surface area contributed by atoms with Crippen molar-refractivity contribution in [2.45, 2.75) is 32.2 Å². The van der Waals surface area contributed by atoms with Crippen molar-refractivity contribution in [2.24, 2.45) is 11.5 Å². The summed E-state index contributed by atoms with van der Waals surface area (Å²) in [6.07, 6.45) is 3.07. The Bertz CT molecular complexity index is 901. The summed E-state index contributed by atoms with van der Waals surface area (Å²) in [4.78, 5) is 12.3. The second-order valence-electron chi connectivity index (χ2n) is 6.90. The molecule has 1 fully saturated rings. The van der Waals surface area contributed by atoms with Crippen LogP contribution in [0.1, 0.15) is 30.4 Å². The Balaban J connectivity index is 2.01. The number of benzene rings is 2. The van der Waals surface area contributed by atoms with Gasteiger partial charge in [0.15, 0.2) is 0 Å². The smallest absolute Gasteiger partial charge is 0.269 e. The third-order valence-electron chi connectivity index (χ3n) is 5.02. The molecule has 0 radical (unpaired) electrons. The number of aryl methyl sites for hydroxylation is 1. The summed E-state index contributed by atoms with van der Waals surface area (Å²) < 4.78 is 5.47. The fraction of sp³-hybridized carbons (Fsp3) is 0.286. The SMILES string of the molecule is COc1ccc(C)cc1-c1cccc(/C(N)=C(\N)C(=O)NC2CCC2)c1N. The number of methoxy groups -OCH3 is 1. The number of carbonyl (C=O) groups excluding carboxylic acids is 1. The Morgan fingerprint density at radius 3 is 2.52 bits per heavy atom. The highest BCUT2D eigenvalue weighted by Gasteiger charge is 2.22. The number of para-hydroxylation sites is 1. The van der Waals surface area contributed by atoms with E-state index in [1.807, 2.05) is 37.3 Å². The Kier molecular flexibility index (Phi) is 5.26. The average Bonchev–Trinajstić information content (AvgIpc) is 2.63. The monoisotopic (exact) mass is 366 g/mol. The Morgan fingerprint density at radius 2 is 1.89 bits per heavy atom. The molecule has 0 spiro atoms. The highest BCUT2D eigenvalue weighted by atomic mass is 16.5. The summed E-state index contributed by atoms with van der Waals surface area (Å²) >= 11 is 0. The van der Waals surface area contributed by atoms with Gasteiger partial charge in [0.25, 0.3) is 5.91 Å². The van der Waals surface area contributed by atoms with E-state index in [2.05, 4.69) is 5.32 Å². The minimum Gasteiger partial charge on any atom is -0.496 e. The fourth-order valence-corrected chi connectivity index (χ4v) is 3.15. The van der Waals surface area contributed by atoms with Crippen LogP contribution in [0.25, 0.3) is 16.8 Å². The van der Waals surface area contributed by atoms with Crippen LogP contribution in [0.15, 0.2) is 42.1 Å². The highest BCUT2D eigenvalue weighted by molar-refractivity contribution is 6.02. The summed E-state index contributed by atoms with van der Waals surface area (Å²) in [7, 11) is 1.62. The number of ether oxygens (including phenoxy) is 1. The molecule has 1 amide bonds. The largest absolute Gasteiger partial charge is 0.496 e. The van der Waals surface area contributed by atoms with E-state index in [0.717, 1.165) is 36.0 Å². The molecule has 7 N–H and O–H groups in total. The number of rotatable bonds is 5. The van der Waals surface area contributed by atoms with Gasteiger partial charge in [-0.1, -0.05) is 29.8 Å². The van der Waals surface area contributed by atoms with Gasteiger partial charge in [0.2, 0.25) is 0 Å². The van der Waals surface area contributed by atoms with E-state index in [-0.39, 0.29) is 23.3 Å². The molecule has 3 rings (SSSR count). The Morgan fingerprint density at radius 1 is 1.15 bits per heavy atom. The highest BCUT2D eigenvalue weighted by Crippen LogP contribution is 2.37. The van der Waals surface area contributed by atoms with E-state index < -0.39 is 0 Å². The lowest BCUT2D eigenvalue weighted by Gasteiger charge is -2.26. The molecular formula is C21H26N4O2. The quantitative estimate of drug-likeness (QED) is 0.479. The van der Waals surface area contributed by atoms with E-state index in [9.17, 15) is 4.79 Å². The minimum absolute atomic E-state index is 0.0121. The molecule has 2 aromatic rings. The lowest BCUT2D eigenvalue weighted by molar-refractivity contribution is -0.118. The topological polar surface area (TPSA) is 116 Å². The summed E-state index contributed by atoms with van der Waals surface area (Å²) in [5, 5.41) is 2.90. The molecule has 0 bridgehead atoms. The number of nitrogens with one attached hydrogen (secondary N) is 1. The van der Waals surface area contributed by atoms with Crippen LogP contribution >= 0.6 is 0 Å². The lowest BCUT2D eigenvalue weighted by atomic mass is 9.93. The zero-order chi connectivity index (χ0) is 19.6. The van der Waals surface area contributed by atoms with Crippen molar-refractivity contribution in [1.82, 2.24) is 5.32 Å². The molecule has 6 heteroatoms. The van der Waals surface area contributed by atoms with E-state index in [0.29, 0.717) is 17.0 Å². The average molecular weight is 366 g/mol. The molecule has 0 aliphatic heterocycles. The first-order valence-corrected chi connectivity index (χ1v) is 9.02. The molecule has 1 aliphatic rings. The molecular weight excluding hydrogens is 340 g/mol. The maximum Gasteiger partial charge on any atom is 0.269 e. The normalized spacial score (nSPS) is 14.9. The van der Waals surface area contributed by atoms with E-state index in [4.69, 9.17) is 21.9 Å². The van der Waals surface area contributed by atoms with Gasteiger partial charge in [-0.2, -0.15) is 0 Å². The maximum absolute atomic E-state index is 12.3. The van der Waals surface area contributed by atoms with Gasteiger partial charge in [-0.3, -0.25) is 4.79 Å². The van der Waals surface area contributed by atoms with Crippen LogP contribution in [0.2, 0.25) is 0 Å². The molecule has 1 saturated carbocycles. The summed E-state index contributed by atoms with van der Waals surface area (Å²) in [5.41, 5.74) is 22.5. The molecule has 0 unspecified atom stereocenters. The number of hydrogen-bond acceptors (Lipinski definition) is 5. The van der Waals surface area contributed by atoms with E-state index in [1.54, 1.807) is 13.2 Å². The van der Waals surface area contributed by atoms with Gasteiger partial charge >= 0.3 is 0 Å². The van der Waals surface area contributed by atoms with Crippen molar-refractivity contribution >= 4 is 17.3 Å². The first-order valence-electron chi connectivity index (χ1n) is 9.02. The van der Waals surface area contributed by atoms with Gasteiger partial charge in [0.1, 0.15) is 11.4 Å². The summed E-state index contributed by atoms with van der Waals surface area (Å²) in [5.74, 6) is 0.359. The maximum atomic E-state index is 12.3. The molecule has 0 saturated heterocycles. The summed E-state index contributed by atoms with van der Waals surface area (Å²) in [6.45, 7) is 2.00. The zero-order valence-corrected chi connectivity index (χ0v) is 15.7. The molecule has 27 heavy (non-hydrogen) atoms. The fourth-order valence-electron chi connectivity index (χ4n) is 3.15. The van der Waals surface area contributed by atoms with Crippen molar-refractivity contribution in [3.8, 4) is 16.9 Å². The van der Waals surface area contributed by atoms with Gasteiger partial charge in [0, 0.05) is 28.4 Å². The predicted molar refractivity (Wildman–Crippen MR) is 109 cm³/mol. The van der Waals surface area contributed by atoms with E-state index in [1.165, 1.54) is 0 Å². The molecule has 0 atom stereocenters. The second kappa shape index (κ2) is 7.61. The first-order chi connectivity index (χ1) is 12.9. The number of anilines is 1. The van der Waals surface area contributed by atoms with Crippen molar-refractivity contribution in [3.05, 3.63) is 53.2 Å². The molecule has 2 aromatic carbocycles. The van der Waals surface area contributed by atoms with Crippen molar-refractivity contribution in [1.29, 1.82) is 0 Å². The summed E-state index contributed by atoms with van der Waals surface area (Å²) in [6, 6.07) is 11.6. The molecule has 0 aromatic heterocycles. The lowest BCUT2D eigenvalue weighted by Crippen LogP contribution is -2.42. The van der Waals surface area contributed by atoms with Gasteiger partial charge in [0.05, 0.1) is 12.8 Å². The number of hydrogen-bond donors (Lipinski definition) is 4. The molecule has 0 heterocycles. The number of nitrogens with two attached hydrogens (primary N) is 3. The van der Waals surface area contributed by atoms with E-state index >= 15 is 0 Å². The van der Waals surface area contributed by atoms with Gasteiger partial charge < -0.3 is 27.3 Å². The molecule has 6 nitrogen and oxygen atoms in total. The second-order valence-corrected chi connectivity index (χ2v) is 6.90. The number of nitrogen functional groups attached to an aromatic ring is 1.